The Morgan fingerprint density at radius 2 is 1.50 bits per heavy atom. The fourth-order valence-electron chi connectivity index (χ4n) is 1.54. The Kier molecular flexibility index (Phi) is 7.23. The summed E-state index contributed by atoms with van der Waals surface area (Å²) in [5.41, 5.74) is 0.0740. The lowest BCUT2D eigenvalue weighted by atomic mass is 9.87. The number of rotatable bonds is 5. The van der Waals surface area contributed by atoms with Crippen molar-refractivity contribution in [2.24, 2.45) is 0 Å². The van der Waals surface area contributed by atoms with Crippen LogP contribution >= 0.6 is 0 Å². The van der Waals surface area contributed by atoms with E-state index in [1.54, 1.807) is 12.2 Å². The molecule has 88 valence electrons. The number of hydrogen-bond acceptors (Lipinski definition) is 1. The molecule has 0 bridgehead atoms. The maximum atomic E-state index is 10.3. The first-order chi connectivity index (χ1) is 7.73. The summed E-state index contributed by atoms with van der Waals surface area (Å²) in [6.45, 7) is 11.3. The average molecular weight is 218 g/mol. The highest BCUT2D eigenvalue weighted by molar-refractivity contribution is 5.23. The van der Waals surface area contributed by atoms with Crippen LogP contribution in [0, 0.1) is 0 Å². The van der Waals surface area contributed by atoms with Gasteiger partial charge in [0, 0.05) is 0 Å². The second kappa shape index (κ2) is 7.89. The van der Waals surface area contributed by atoms with Gasteiger partial charge in [-0.15, -0.1) is 13.2 Å². The van der Waals surface area contributed by atoms with E-state index in [-0.39, 0.29) is 0 Å². The molecular formula is C15H22O. The highest BCUT2D eigenvalue weighted by Crippen LogP contribution is 2.29. The molecule has 0 heterocycles. The normalized spacial score (nSPS) is 9.94. The van der Waals surface area contributed by atoms with Crippen LogP contribution in [0.5, 0.6) is 0 Å². The van der Waals surface area contributed by atoms with E-state index in [1.165, 1.54) is 0 Å². The lowest BCUT2D eigenvalue weighted by Crippen LogP contribution is -2.23. The number of hydrogen-bond donors (Lipinski definition) is 1. The van der Waals surface area contributed by atoms with E-state index < -0.39 is 5.60 Å². The molecule has 0 spiro atoms. The second-order valence-corrected chi connectivity index (χ2v) is 3.38. The molecule has 16 heavy (non-hydrogen) atoms. The summed E-state index contributed by atoms with van der Waals surface area (Å²) in [6, 6.07) is 9.63. The molecule has 1 rings (SSSR count). The molecule has 0 saturated carbocycles. The fraction of sp³-hybridized carbons (Fsp3) is 0.333. The molecule has 1 N–H and O–H groups in total. The first kappa shape index (κ1) is 14.7. The van der Waals surface area contributed by atoms with Gasteiger partial charge in [0.2, 0.25) is 0 Å². The minimum Gasteiger partial charge on any atom is -0.385 e. The van der Waals surface area contributed by atoms with Gasteiger partial charge in [-0.2, -0.15) is 0 Å². The van der Waals surface area contributed by atoms with Crippen LogP contribution in [0.15, 0.2) is 55.6 Å². The molecule has 0 unspecified atom stereocenters. The van der Waals surface area contributed by atoms with Gasteiger partial charge < -0.3 is 5.11 Å². The van der Waals surface area contributed by atoms with Crippen molar-refractivity contribution in [1.29, 1.82) is 0 Å². The van der Waals surface area contributed by atoms with E-state index in [0.29, 0.717) is 12.8 Å². The summed E-state index contributed by atoms with van der Waals surface area (Å²) < 4.78 is 0. The monoisotopic (exact) mass is 218 g/mol. The SMILES string of the molecule is C=CCC(O)(CC=C)c1ccccc1.CC. The third-order valence-corrected chi connectivity index (χ3v) is 2.28. The predicted octanol–water partition coefficient (Wildman–Crippen LogP) is 4.05. The third kappa shape index (κ3) is 4.03. The highest BCUT2D eigenvalue weighted by Gasteiger charge is 2.25. The standard InChI is InChI=1S/C13H16O.C2H6/c1-3-10-13(14,11-4-2)12-8-6-5-7-9-12;1-2/h3-9,14H,1-2,10-11H2;1-2H3. The van der Waals surface area contributed by atoms with Crippen molar-refractivity contribution < 1.29 is 5.11 Å². The Balaban J connectivity index is 0.00000106. The Morgan fingerprint density at radius 1 is 1.06 bits per heavy atom. The smallest absolute Gasteiger partial charge is 0.0964 e. The van der Waals surface area contributed by atoms with Crippen LogP contribution in [0.4, 0.5) is 0 Å². The molecule has 1 aromatic carbocycles. The molecule has 0 aliphatic carbocycles. The predicted molar refractivity (Wildman–Crippen MR) is 71.3 cm³/mol. The molecule has 0 aromatic heterocycles. The van der Waals surface area contributed by atoms with Crippen LogP contribution in [-0.4, -0.2) is 5.11 Å². The summed E-state index contributed by atoms with van der Waals surface area (Å²) in [5.74, 6) is 0. The van der Waals surface area contributed by atoms with Gasteiger partial charge in [-0.3, -0.25) is 0 Å². The van der Waals surface area contributed by atoms with Gasteiger partial charge in [0.1, 0.15) is 0 Å². The van der Waals surface area contributed by atoms with Crippen LogP contribution in [0.25, 0.3) is 0 Å². The summed E-state index contributed by atoms with van der Waals surface area (Å²) in [7, 11) is 0. The van der Waals surface area contributed by atoms with Gasteiger partial charge in [-0.1, -0.05) is 56.3 Å². The van der Waals surface area contributed by atoms with E-state index in [9.17, 15) is 5.11 Å². The summed E-state index contributed by atoms with van der Waals surface area (Å²) in [4.78, 5) is 0. The van der Waals surface area contributed by atoms with Crippen molar-refractivity contribution in [2.75, 3.05) is 0 Å². The Hall–Kier alpha value is -1.34. The molecule has 1 nitrogen and oxygen atoms in total. The van der Waals surface area contributed by atoms with E-state index in [1.807, 2.05) is 44.2 Å². The molecule has 0 amide bonds. The first-order valence-corrected chi connectivity index (χ1v) is 5.72. The number of benzene rings is 1. The minimum absolute atomic E-state index is 0.545. The fourth-order valence-corrected chi connectivity index (χ4v) is 1.54. The van der Waals surface area contributed by atoms with Crippen molar-refractivity contribution in [3.8, 4) is 0 Å². The van der Waals surface area contributed by atoms with Gasteiger partial charge in [-0.05, 0) is 18.4 Å². The molecule has 0 fully saturated rings. The molecule has 0 saturated heterocycles. The van der Waals surface area contributed by atoms with Gasteiger partial charge in [-0.25, -0.2) is 0 Å². The Morgan fingerprint density at radius 3 is 1.88 bits per heavy atom. The van der Waals surface area contributed by atoms with E-state index in [4.69, 9.17) is 0 Å². The first-order valence-electron chi connectivity index (χ1n) is 5.72. The molecular weight excluding hydrogens is 196 g/mol. The topological polar surface area (TPSA) is 20.2 Å². The van der Waals surface area contributed by atoms with Gasteiger partial charge in [0.05, 0.1) is 5.60 Å². The Labute approximate surface area is 99.1 Å². The summed E-state index contributed by atoms with van der Waals surface area (Å²) in [6.07, 6.45) is 4.55. The molecule has 1 heteroatoms. The van der Waals surface area contributed by atoms with Crippen molar-refractivity contribution in [1.82, 2.24) is 0 Å². The minimum atomic E-state index is -0.842. The van der Waals surface area contributed by atoms with E-state index in [0.717, 1.165) is 5.56 Å². The quantitative estimate of drug-likeness (QED) is 0.739. The largest absolute Gasteiger partial charge is 0.385 e. The van der Waals surface area contributed by atoms with Crippen molar-refractivity contribution in [3.05, 3.63) is 61.2 Å². The third-order valence-electron chi connectivity index (χ3n) is 2.28. The van der Waals surface area contributed by atoms with Crippen LogP contribution in [0.2, 0.25) is 0 Å². The van der Waals surface area contributed by atoms with Crippen LogP contribution in [-0.2, 0) is 5.60 Å². The molecule has 0 atom stereocenters. The number of aliphatic hydroxyl groups is 1. The zero-order valence-electron chi connectivity index (χ0n) is 10.3. The van der Waals surface area contributed by atoms with Gasteiger partial charge in [0.25, 0.3) is 0 Å². The molecule has 0 radical (unpaired) electrons. The molecule has 0 aliphatic rings. The summed E-state index contributed by atoms with van der Waals surface area (Å²) in [5, 5.41) is 10.3. The molecule has 0 aliphatic heterocycles. The van der Waals surface area contributed by atoms with Gasteiger partial charge >= 0.3 is 0 Å². The van der Waals surface area contributed by atoms with Crippen molar-refractivity contribution in [3.63, 3.8) is 0 Å². The van der Waals surface area contributed by atoms with Crippen molar-refractivity contribution >= 4 is 0 Å². The second-order valence-electron chi connectivity index (χ2n) is 3.38. The van der Waals surface area contributed by atoms with E-state index in [2.05, 4.69) is 13.2 Å². The zero-order valence-corrected chi connectivity index (χ0v) is 10.3. The Bertz CT molecular complexity index is 290. The van der Waals surface area contributed by atoms with E-state index >= 15 is 0 Å². The van der Waals surface area contributed by atoms with Crippen molar-refractivity contribution in [2.45, 2.75) is 32.3 Å². The zero-order chi connectivity index (χ0) is 12.4. The highest BCUT2D eigenvalue weighted by atomic mass is 16.3. The van der Waals surface area contributed by atoms with Crippen LogP contribution in [0.3, 0.4) is 0 Å². The lowest BCUT2D eigenvalue weighted by molar-refractivity contribution is 0.0430. The lowest BCUT2D eigenvalue weighted by Gasteiger charge is -2.26. The molecule has 1 aromatic rings. The van der Waals surface area contributed by atoms with Gasteiger partial charge in [0.15, 0.2) is 0 Å². The average Bonchev–Trinajstić information content (AvgIpc) is 2.33. The van der Waals surface area contributed by atoms with Crippen LogP contribution < -0.4 is 0 Å². The summed E-state index contributed by atoms with van der Waals surface area (Å²) >= 11 is 0. The maximum Gasteiger partial charge on any atom is 0.0964 e. The maximum absolute atomic E-state index is 10.3. The van der Waals surface area contributed by atoms with Crippen LogP contribution in [0.1, 0.15) is 32.3 Å².